The van der Waals surface area contributed by atoms with Gasteiger partial charge in [-0.3, -0.25) is 0 Å². The van der Waals surface area contributed by atoms with Gasteiger partial charge in [-0.1, -0.05) is 0 Å². The third kappa shape index (κ3) is 1.91. The van der Waals surface area contributed by atoms with E-state index in [-0.39, 0.29) is 0 Å². The van der Waals surface area contributed by atoms with E-state index in [1.807, 2.05) is 10.8 Å². The fourth-order valence-corrected chi connectivity index (χ4v) is 2.30. The lowest BCUT2D eigenvalue weighted by Gasteiger charge is -2.03. The quantitative estimate of drug-likeness (QED) is 0.834. The molecule has 0 radical (unpaired) electrons. The molecule has 15 heavy (non-hydrogen) atoms. The van der Waals surface area contributed by atoms with Crippen LogP contribution in [0.4, 0.5) is 8.78 Å². The van der Waals surface area contributed by atoms with Crippen molar-refractivity contribution in [2.45, 2.75) is 6.54 Å². The zero-order chi connectivity index (χ0) is 10.8. The molecule has 0 bridgehead atoms. The van der Waals surface area contributed by atoms with E-state index in [9.17, 15) is 8.78 Å². The maximum atomic E-state index is 13.5. The minimum atomic E-state index is -0.569. The Hall–Kier alpha value is -1.26. The second-order valence-electron chi connectivity index (χ2n) is 3.14. The number of thiophene rings is 1. The van der Waals surface area contributed by atoms with Crippen molar-refractivity contribution in [1.29, 1.82) is 0 Å². The van der Waals surface area contributed by atoms with E-state index < -0.39 is 11.6 Å². The molecule has 0 amide bonds. The van der Waals surface area contributed by atoms with Gasteiger partial charge in [0.15, 0.2) is 0 Å². The molecule has 2 aromatic rings. The zero-order valence-corrected chi connectivity index (χ0v) is 8.65. The topological polar surface area (TPSA) is 26.0 Å². The van der Waals surface area contributed by atoms with Crippen molar-refractivity contribution in [2.75, 3.05) is 0 Å². The van der Waals surface area contributed by atoms with Crippen molar-refractivity contribution in [3.8, 4) is 11.1 Å². The van der Waals surface area contributed by atoms with Crippen LogP contribution in [0, 0.1) is 11.6 Å². The van der Waals surface area contributed by atoms with Crippen LogP contribution >= 0.6 is 11.3 Å². The summed E-state index contributed by atoms with van der Waals surface area (Å²) < 4.78 is 26.2. The summed E-state index contributed by atoms with van der Waals surface area (Å²) in [4.78, 5) is 0. The maximum Gasteiger partial charge on any atom is 0.133 e. The van der Waals surface area contributed by atoms with Crippen LogP contribution in [0.5, 0.6) is 0 Å². The van der Waals surface area contributed by atoms with E-state index in [0.717, 1.165) is 17.2 Å². The van der Waals surface area contributed by atoms with Crippen molar-refractivity contribution >= 4 is 11.3 Å². The molecule has 1 aromatic carbocycles. The Morgan fingerprint density at radius 1 is 1.13 bits per heavy atom. The number of rotatable bonds is 2. The maximum absolute atomic E-state index is 13.5. The summed E-state index contributed by atoms with van der Waals surface area (Å²) in [5, 5.41) is 3.69. The van der Waals surface area contributed by atoms with E-state index in [1.54, 1.807) is 0 Å². The predicted octanol–water partition coefficient (Wildman–Crippen LogP) is 3.15. The lowest BCUT2D eigenvalue weighted by Crippen LogP contribution is -1.97. The molecule has 0 aliphatic carbocycles. The third-order valence-corrected chi connectivity index (χ3v) is 2.98. The van der Waals surface area contributed by atoms with Gasteiger partial charge in [0, 0.05) is 18.2 Å². The SMILES string of the molecule is NCc1cscc1-c1ccc(F)cc1F. The first-order valence-electron chi connectivity index (χ1n) is 4.43. The molecule has 1 heterocycles. The van der Waals surface area contributed by atoms with Gasteiger partial charge in [-0.15, -0.1) is 0 Å². The van der Waals surface area contributed by atoms with Gasteiger partial charge in [0.1, 0.15) is 11.6 Å². The lowest BCUT2D eigenvalue weighted by atomic mass is 10.0. The average molecular weight is 225 g/mol. The second kappa shape index (κ2) is 4.08. The highest BCUT2D eigenvalue weighted by atomic mass is 32.1. The number of hydrogen-bond donors (Lipinski definition) is 1. The Bertz CT molecular complexity index is 479. The van der Waals surface area contributed by atoms with Gasteiger partial charge in [-0.25, -0.2) is 8.78 Å². The van der Waals surface area contributed by atoms with Crippen molar-refractivity contribution in [2.24, 2.45) is 5.73 Å². The summed E-state index contributed by atoms with van der Waals surface area (Å²) in [5.41, 5.74) is 7.55. The molecule has 0 saturated carbocycles. The standard InChI is InChI=1S/C11H9F2NS/c12-8-1-2-9(11(13)3-8)10-6-15-5-7(10)4-14/h1-3,5-6H,4,14H2. The van der Waals surface area contributed by atoms with Gasteiger partial charge in [0.05, 0.1) is 0 Å². The van der Waals surface area contributed by atoms with Crippen LogP contribution in [0.2, 0.25) is 0 Å². The van der Waals surface area contributed by atoms with Gasteiger partial charge in [0.25, 0.3) is 0 Å². The van der Waals surface area contributed by atoms with Crippen LogP contribution in [0.1, 0.15) is 5.56 Å². The van der Waals surface area contributed by atoms with Crippen molar-refractivity contribution < 1.29 is 8.78 Å². The minimum absolute atomic E-state index is 0.357. The Labute approximate surface area is 90.2 Å². The monoisotopic (exact) mass is 225 g/mol. The van der Waals surface area contributed by atoms with Gasteiger partial charge in [-0.2, -0.15) is 11.3 Å². The molecule has 0 fully saturated rings. The first-order valence-corrected chi connectivity index (χ1v) is 5.37. The number of halogens is 2. The summed E-state index contributed by atoms with van der Waals surface area (Å²) in [7, 11) is 0. The molecular weight excluding hydrogens is 216 g/mol. The second-order valence-corrected chi connectivity index (χ2v) is 3.88. The Balaban J connectivity index is 2.54. The molecule has 0 aliphatic rings. The molecule has 1 aromatic heterocycles. The fourth-order valence-electron chi connectivity index (χ4n) is 1.43. The lowest BCUT2D eigenvalue weighted by molar-refractivity contribution is 0.585. The molecule has 4 heteroatoms. The highest BCUT2D eigenvalue weighted by Crippen LogP contribution is 2.29. The van der Waals surface area contributed by atoms with Gasteiger partial charge < -0.3 is 5.73 Å². The van der Waals surface area contributed by atoms with Crippen LogP contribution < -0.4 is 5.73 Å². The minimum Gasteiger partial charge on any atom is -0.326 e. The molecule has 2 N–H and O–H groups in total. The normalized spacial score (nSPS) is 10.6. The first-order chi connectivity index (χ1) is 7.22. The van der Waals surface area contributed by atoms with E-state index in [1.165, 1.54) is 23.5 Å². The van der Waals surface area contributed by atoms with Crippen LogP contribution in [-0.2, 0) is 6.54 Å². The van der Waals surface area contributed by atoms with Crippen LogP contribution in [0.15, 0.2) is 29.0 Å². The Morgan fingerprint density at radius 3 is 2.60 bits per heavy atom. The van der Waals surface area contributed by atoms with Crippen molar-refractivity contribution in [1.82, 2.24) is 0 Å². The summed E-state index contributed by atoms with van der Waals surface area (Å²) in [6, 6.07) is 3.57. The predicted molar refractivity (Wildman–Crippen MR) is 57.6 cm³/mol. The van der Waals surface area contributed by atoms with Crippen LogP contribution in [0.25, 0.3) is 11.1 Å². The molecule has 0 atom stereocenters. The summed E-state index contributed by atoms with van der Waals surface area (Å²) >= 11 is 1.46. The molecule has 0 aliphatic heterocycles. The largest absolute Gasteiger partial charge is 0.326 e. The number of benzene rings is 1. The number of hydrogen-bond acceptors (Lipinski definition) is 2. The molecule has 0 unspecified atom stereocenters. The molecule has 2 rings (SSSR count). The zero-order valence-electron chi connectivity index (χ0n) is 7.84. The van der Waals surface area contributed by atoms with Crippen molar-refractivity contribution in [3.05, 3.63) is 46.2 Å². The molecule has 0 saturated heterocycles. The molecule has 78 valence electrons. The fraction of sp³-hybridized carbons (Fsp3) is 0.0909. The van der Waals surface area contributed by atoms with E-state index in [0.29, 0.717) is 12.1 Å². The first kappa shape index (κ1) is 10.3. The molecule has 1 nitrogen and oxygen atoms in total. The summed E-state index contributed by atoms with van der Waals surface area (Å²) in [6.45, 7) is 0.357. The van der Waals surface area contributed by atoms with E-state index >= 15 is 0 Å². The van der Waals surface area contributed by atoms with Gasteiger partial charge in [0.2, 0.25) is 0 Å². The molecule has 0 spiro atoms. The van der Waals surface area contributed by atoms with Gasteiger partial charge in [-0.05, 0) is 34.0 Å². The highest BCUT2D eigenvalue weighted by molar-refractivity contribution is 7.08. The third-order valence-electron chi connectivity index (χ3n) is 2.18. The van der Waals surface area contributed by atoms with E-state index in [2.05, 4.69) is 0 Å². The highest BCUT2D eigenvalue weighted by Gasteiger charge is 2.10. The molecular formula is C11H9F2NS. The summed E-state index contributed by atoms with van der Waals surface area (Å²) in [5.74, 6) is -1.12. The average Bonchev–Trinajstić information content (AvgIpc) is 2.65. The van der Waals surface area contributed by atoms with Crippen LogP contribution in [0.3, 0.4) is 0 Å². The van der Waals surface area contributed by atoms with Crippen molar-refractivity contribution in [3.63, 3.8) is 0 Å². The number of nitrogens with two attached hydrogens (primary N) is 1. The van der Waals surface area contributed by atoms with E-state index in [4.69, 9.17) is 5.73 Å². The summed E-state index contributed by atoms with van der Waals surface area (Å²) in [6.07, 6.45) is 0. The van der Waals surface area contributed by atoms with Crippen LogP contribution in [-0.4, -0.2) is 0 Å². The van der Waals surface area contributed by atoms with Gasteiger partial charge >= 0.3 is 0 Å². The Morgan fingerprint density at radius 2 is 1.93 bits per heavy atom. The smallest absolute Gasteiger partial charge is 0.133 e. The Kier molecular flexibility index (Phi) is 2.79.